The van der Waals surface area contributed by atoms with Crippen LogP contribution in [0.3, 0.4) is 0 Å². The fraction of sp³-hybridized carbons (Fsp3) is 0.200. The van der Waals surface area contributed by atoms with Gasteiger partial charge >= 0.3 is 0 Å². The van der Waals surface area contributed by atoms with Gasteiger partial charge in [0.2, 0.25) is 0 Å². The zero-order valence-electron chi connectivity index (χ0n) is 14.8. The Kier molecular flexibility index (Phi) is 4.81. The average Bonchev–Trinajstić information content (AvgIpc) is 2.69. The van der Waals surface area contributed by atoms with Crippen molar-refractivity contribution in [1.82, 2.24) is 4.57 Å². The Balaban J connectivity index is 2.35. The normalized spacial score (nSPS) is 10.4. The zero-order valence-corrected chi connectivity index (χ0v) is 14.8. The SMILES string of the molecule is COc1ccc(-c2cc3c(OC)cc(OC)cc3n(CC#N)c2=O)cc1. The first-order valence-corrected chi connectivity index (χ1v) is 7.94. The fourth-order valence-electron chi connectivity index (χ4n) is 2.91. The summed E-state index contributed by atoms with van der Waals surface area (Å²) in [5, 5.41) is 9.93. The van der Waals surface area contributed by atoms with Crippen LogP contribution in [0.25, 0.3) is 22.0 Å². The smallest absolute Gasteiger partial charge is 0.259 e. The van der Waals surface area contributed by atoms with Crippen LogP contribution in [0.5, 0.6) is 17.2 Å². The number of fused-ring (bicyclic) bond motifs is 1. The summed E-state index contributed by atoms with van der Waals surface area (Å²) in [7, 11) is 4.68. The first-order valence-electron chi connectivity index (χ1n) is 7.94. The van der Waals surface area contributed by atoms with Crippen molar-refractivity contribution in [2.75, 3.05) is 21.3 Å². The number of ether oxygens (including phenoxy) is 3. The van der Waals surface area contributed by atoms with Crippen LogP contribution in [0.1, 0.15) is 0 Å². The highest BCUT2D eigenvalue weighted by atomic mass is 16.5. The van der Waals surface area contributed by atoms with E-state index in [1.165, 1.54) is 4.57 Å². The molecule has 0 unspecified atom stereocenters. The highest BCUT2D eigenvalue weighted by Crippen LogP contribution is 2.33. The Bertz CT molecular complexity index is 1050. The topological polar surface area (TPSA) is 73.5 Å². The van der Waals surface area contributed by atoms with Gasteiger partial charge in [-0.15, -0.1) is 0 Å². The van der Waals surface area contributed by atoms with Crippen LogP contribution in [-0.4, -0.2) is 25.9 Å². The quantitative estimate of drug-likeness (QED) is 0.706. The molecule has 3 rings (SSSR count). The summed E-state index contributed by atoms with van der Waals surface area (Å²) in [5.74, 6) is 1.83. The number of aromatic nitrogens is 1. The molecule has 1 aromatic heterocycles. The van der Waals surface area contributed by atoms with Crippen molar-refractivity contribution in [3.8, 4) is 34.4 Å². The minimum absolute atomic E-state index is 0.0738. The molecule has 0 saturated carbocycles. The molecule has 0 aliphatic carbocycles. The molecular weight excluding hydrogens is 332 g/mol. The van der Waals surface area contributed by atoms with Crippen LogP contribution in [-0.2, 0) is 6.54 Å². The second-order valence-electron chi connectivity index (χ2n) is 5.60. The second-order valence-corrected chi connectivity index (χ2v) is 5.60. The number of nitrogens with zero attached hydrogens (tertiary/aromatic N) is 2. The van der Waals surface area contributed by atoms with Crippen molar-refractivity contribution in [3.63, 3.8) is 0 Å². The van der Waals surface area contributed by atoms with Gasteiger partial charge in [-0.1, -0.05) is 12.1 Å². The molecule has 0 saturated heterocycles. The van der Waals surface area contributed by atoms with Crippen molar-refractivity contribution >= 4 is 10.9 Å². The summed E-state index contributed by atoms with van der Waals surface area (Å²) in [4.78, 5) is 13.0. The molecule has 0 spiro atoms. The van der Waals surface area contributed by atoms with Gasteiger partial charge in [0, 0.05) is 23.1 Å². The summed E-state index contributed by atoms with van der Waals surface area (Å²) in [6.45, 7) is -0.0738. The molecule has 3 aromatic rings. The Morgan fingerprint density at radius 3 is 2.23 bits per heavy atom. The highest BCUT2D eigenvalue weighted by Gasteiger charge is 2.15. The van der Waals surface area contributed by atoms with E-state index < -0.39 is 0 Å². The molecule has 0 aliphatic rings. The van der Waals surface area contributed by atoms with E-state index in [1.807, 2.05) is 12.1 Å². The molecule has 0 aliphatic heterocycles. The van der Waals surface area contributed by atoms with E-state index in [0.717, 1.165) is 10.9 Å². The standard InChI is InChI=1S/C20H18N2O4/c1-24-14-6-4-13(5-7-14)16-12-17-18(22(9-8-21)20(16)23)10-15(25-2)11-19(17)26-3/h4-7,10-12H,9H2,1-3H3. The molecule has 6 heteroatoms. The van der Waals surface area contributed by atoms with Gasteiger partial charge in [0.25, 0.3) is 5.56 Å². The zero-order chi connectivity index (χ0) is 18.7. The maximum absolute atomic E-state index is 13.0. The van der Waals surface area contributed by atoms with E-state index in [2.05, 4.69) is 6.07 Å². The largest absolute Gasteiger partial charge is 0.497 e. The number of pyridine rings is 1. The monoisotopic (exact) mass is 350 g/mol. The fourth-order valence-corrected chi connectivity index (χ4v) is 2.91. The van der Waals surface area contributed by atoms with Gasteiger partial charge in [-0.2, -0.15) is 5.26 Å². The molecule has 1 heterocycles. The van der Waals surface area contributed by atoms with E-state index in [0.29, 0.717) is 28.3 Å². The first kappa shape index (κ1) is 17.4. The van der Waals surface area contributed by atoms with Crippen LogP contribution in [0.4, 0.5) is 0 Å². The molecule has 26 heavy (non-hydrogen) atoms. The number of hydrogen-bond donors (Lipinski definition) is 0. The lowest BCUT2D eigenvalue weighted by molar-refractivity contribution is 0.397. The van der Waals surface area contributed by atoms with Crippen LogP contribution in [0, 0.1) is 11.3 Å². The Morgan fingerprint density at radius 2 is 1.65 bits per heavy atom. The van der Waals surface area contributed by atoms with Gasteiger partial charge in [0.15, 0.2) is 0 Å². The Labute approximate surface area is 150 Å². The lowest BCUT2D eigenvalue weighted by atomic mass is 10.0. The number of rotatable bonds is 5. The van der Waals surface area contributed by atoms with E-state index >= 15 is 0 Å². The van der Waals surface area contributed by atoms with Crippen molar-refractivity contribution in [2.24, 2.45) is 0 Å². The van der Waals surface area contributed by atoms with E-state index in [4.69, 9.17) is 14.2 Å². The van der Waals surface area contributed by atoms with Crippen molar-refractivity contribution in [1.29, 1.82) is 5.26 Å². The molecule has 0 radical (unpaired) electrons. The predicted octanol–water partition coefficient (Wildman–Crippen LogP) is 3.22. The molecular formula is C20H18N2O4. The molecule has 132 valence electrons. The van der Waals surface area contributed by atoms with Crippen molar-refractivity contribution < 1.29 is 14.2 Å². The highest BCUT2D eigenvalue weighted by molar-refractivity contribution is 5.90. The third-order valence-electron chi connectivity index (χ3n) is 4.23. The van der Waals surface area contributed by atoms with E-state index in [-0.39, 0.29) is 12.1 Å². The molecule has 2 aromatic carbocycles. The summed E-state index contributed by atoms with van der Waals surface area (Å²) >= 11 is 0. The van der Waals surface area contributed by atoms with Crippen LogP contribution < -0.4 is 19.8 Å². The lowest BCUT2D eigenvalue weighted by Crippen LogP contribution is -2.22. The molecule has 0 fully saturated rings. The van der Waals surface area contributed by atoms with Crippen molar-refractivity contribution in [2.45, 2.75) is 6.54 Å². The van der Waals surface area contributed by atoms with Gasteiger partial charge in [0.05, 0.1) is 32.9 Å². The van der Waals surface area contributed by atoms with Crippen molar-refractivity contribution in [3.05, 3.63) is 52.8 Å². The molecule has 0 N–H and O–H groups in total. The van der Waals surface area contributed by atoms with Gasteiger partial charge < -0.3 is 14.2 Å². The molecule has 0 atom stereocenters. The van der Waals surface area contributed by atoms with Gasteiger partial charge in [-0.05, 0) is 23.8 Å². The number of nitriles is 1. The Hall–Kier alpha value is -3.46. The Morgan fingerprint density at radius 1 is 0.962 bits per heavy atom. The second kappa shape index (κ2) is 7.19. The lowest BCUT2D eigenvalue weighted by Gasteiger charge is -2.15. The molecule has 0 bridgehead atoms. The van der Waals surface area contributed by atoms with Gasteiger partial charge in [-0.3, -0.25) is 9.36 Å². The first-order chi connectivity index (χ1) is 12.6. The summed E-state index contributed by atoms with van der Waals surface area (Å²) < 4.78 is 17.4. The minimum Gasteiger partial charge on any atom is -0.497 e. The van der Waals surface area contributed by atoms with E-state index in [9.17, 15) is 10.1 Å². The number of benzene rings is 2. The summed E-state index contributed by atoms with van der Waals surface area (Å²) in [6, 6.07) is 14.5. The number of methoxy groups -OCH3 is 3. The van der Waals surface area contributed by atoms with Gasteiger partial charge in [0.1, 0.15) is 23.8 Å². The molecule has 6 nitrogen and oxygen atoms in total. The third kappa shape index (κ3) is 2.95. The maximum atomic E-state index is 13.0. The van der Waals surface area contributed by atoms with Gasteiger partial charge in [-0.25, -0.2) is 0 Å². The van der Waals surface area contributed by atoms with E-state index in [1.54, 1.807) is 51.7 Å². The molecule has 0 amide bonds. The maximum Gasteiger partial charge on any atom is 0.259 e. The van der Waals surface area contributed by atoms with Crippen LogP contribution >= 0.6 is 0 Å². The average molecular weight is 350 g/mol. The third-order valence-corrected chi connectivity index (χ3v) is 4.23. The summed E-state index contributed by atoms with van der Waals surface area (Å²) in [6.07, 6.45) is 0. The van der Waals surface area contributed by atoms with Crippen LogP contribution in [0.2, 0.25) is 0 Å². The summed E-state index contributed by atoms with van der Waals surface area (Å²) in [5.41, 5.74) is 1.56. The minimum atomic E-state index is -0.250. The van der Waals surface area contributed by atoms with Crippen LogP contribution in [0.15, 0.2) is 47.3 Å². The number of hydrogen-bond acceptors (Lipinski definition) is 5. The predicted molar refractivity (Wildman–Crippen MR) is 98.9 cm³/mol.